The van der Waals surface area contributed by atoms with Gasteiger partial charge < -0.3 is 30.1 Å². The maximum absolute atomic E-state index is 14.2. The maximum atomic E-state index is 14.2. The van der Waals surface area contributed by atoms with Crippen molar-refractivity contribution in [3.05, 3.63) is 105 Å². The monoisotopic (exact) mass is 975 g/mol. The van der Waals surface area contributed by atoms with E-state index in [1.807, 2.05) is 65.0 Å². The quantitative estimate of drug-likeness (QED) is 0.0730. The Kier molecular flexibility index (Phi) is 13.2. The lowest BCUT2D eigenvalue weighted by atomic mass is 9.44. The first-order valence-corrected chi connectivity index (χ1v) is 23.9. The number of nitriles is 1. The molecular weight excluding hydrogens is 898 g/mol. The third kappa shape index (κ3) is 12.4. The Labute approximate surface area is 423 Å². The Morgan fingerprint density at radius 1 is 1.01 bits per heavy atom. The van der Waals surface area contributed by atoms with E-state index in [0.717, 1.165) is 21.7 Å². The lowest BCUT2D eigenvalue weighted by Gasteiger charge is -2.63. The lowest BCUT2D eigenvalue weighted by molar-refractivity contribution is -0.196. The Hall–Kier alpha value is -5.13. The van der Waals surface area contributed by atoms with Gasteiger partial charge >= 0.3 is 0 Å². The molecule has 0 bridgehead atoms. The normalized spacial score (nSPS) is 23.7. The average molecular weight is 976 g/mol. The molecule has 1 saturated heterocycles. The second-order valence-electron chi connectivity index (χ2n) is 19.8. The van der Waals surface area contributed by atoms with Gasteiger partial charge in [0.15, 0.2) is 5.78 Å². The minimum Gasteiger partial charge on any atom is -0.489 e. The number of amides is 3. The molecule has 2 fully saturated rings. The molecule has 12 nitrogen and oxygen atoms in total. The first kappa shape index (κ1) is 40.7. The van der Waals surface area contributed by atoms with Crippen LogP contribution in [-0.4, -0.2) is 82.5 Å². The van der Waals surface area contributed by atoms with E-state index >= 15 is 0 Å². The first-order valence-electron chi connectivity index (χ1n) is 27.2. The van der Waals surface area contributed by atoms with Crippen molar-refractivity contribution in [1.82, 2.24) is 20.5 Å². The summed E-state index contributed by atoms with van der Waals surface area (Å²) in [6.45, 7) is 11.5. The molecule has 0 spiro atoms. The fourth-order valence-electron chi connectivity index (χ4n) is 9.58. The molecular formula is C54H68ClN5O7S. The molecule has 1 aliphatic heterocycles. The number of aliphatic hydroxyl groups excluding tert-OH is 1. The second kappa shape index (κ2) is 22.1. The van der Waals surface area contributed by atoms with Gasteiger partial charge in [-0.2, -0.15) is 5.26 Å². The van der Waals surface area contributed by atoms with Gasteiger partial charge in [0.25, 0.3) is 0 Å². The first-order chi connectivity index (χ1) is 35.5. The van der Waals surface area contributed by atoms with Crippen molar-refractivity contribution in [2.75, 3.05) is 19.7 Å². The highest BCUT2D eigenvalue weighted by Crippen LogP contribution is 2.62. The number of aryl methyl sites for hydroxylation is 2. The molecule has 3 aromatic carbocycles. The number of benzene rings is 3. The predicted molar refractivity (Wildman–Crippen MR) is 266 cm³/mol. The van der Waals surface area contributed by atoms with E-state index in [2.05, 4.69) is 15.6 Å². The molecule has 68 heavy (non-hydrogen) atoms. The zero-order chi connectivity index (χ0) is 57.6. The van der Waals surface area contributed by atoms with Crippen molar-refractivity contribution < 1.29 is 46.1 Å². The van der Waals surface area contributed by atoms with Crippen LogP contribution in [0.15, 0.2) is 72.2 Å². The summed E-state index contributed by atoms with van der Waals surface area (Å²) in [4.78, 5) is 61.6. The van der Waals surface area contributed by atoms with Crippen molar-refractivity contribution in [3.63, 3.8) is 0 Å². The van der Waals surface area contributed by atoms with E-state index in [1.165, 1.54) is 40.5 Å². The van der Waals surface area contributed by atoms with E-state index in [9.17, 15) is 29.5 Å². The van der Waals surface area contributed by atoms with E-state index in [0.29, 0.717) is 22.4 Å². The Balaban J connectivity index is 1.04. The average Bonchev–Trinajstić information content (AvgIpc) is 3.98. The molecule has 1 aromatic heterocycles. The molecule has 1 saturated carbocycles. The number of carbonyl (C=O) groups excluding carboxylic acids is 4. The largest absolute Gasteiger partial charge is 0.489 e. The van der Waals surface area contributed by atoms with Gasteiger partial charge in [0.05, 0.1) is 41.6 Å². The zero-order valence-electron chi connectivity index (χ0n) is 49.0. The summed E-state index contributed by atoms with van der Waals surface area (Å²) in [7, 11) is 0. The van der Waals surface area contributed by atoms with Gasteiger partial charge in [-0.3, -0.25) is 19.2 Å². The molecule has 14 heteroatoms. The number of ketones is 1. The smallest absolute Gasteiger partial charge is 0.246 e. The Morgan fingerprint density at radius 2 is 1.71 bits per heavy atom. The lowest BCUT2D eigenvalue weighted by Crippen LogP contribution is -2.66. The number of Topliss-reactive ketones (excluding diaryl/α,β-unsaturated/α-hetero) is 1. The van der Waals surface area contributed by atoms with E-state index in [1.54, 1.807) is 51.4 Å². The standard InChI is InChI=1S/C54H68ClN5O7S/c1-33(36-19-21-38(22-20-36)47-34(2)57-32-68-47)58-49(64)43-26-40(61)30-60(43)50(65)48(52(3,4)5)59-46(63)31-66-25-13-11-10-12-14-35-15-17-37(18-16-35)44(62)28-45-53(6,7)51(54(45,8)9)67-41-24-23-39(29-56)42(55)27-41/h15-24,27,32-33,40,43,45,48,51,61H,10-14,25-26,28,30-31H2,1-9H3,(H,58,64)(H,59,63)/t33-,40+,43-,45?,48+,51?/m0/s1/i10D2,11D2,12D,13D2,25D2/t12?,33-,40+,43-,45?,48+,51?. The van der Waals surface area contributed by atoms with Crippen LogP contribution < -0.4 is 15.4 Å². The highest BCUT2D eigenvalue weighted by molar-refractivity contribution is 7.13. The number of hydrogen-bond donors (Lipinski definition) is 3. The Morgan fingerprint density at radius 3 is 2.32 bits per heavy atom. The molecule has 1 aliphatic carbocycles. The number of carbonyl (C=O) groups is 4. The number of likely N-dealkylation sites (tertiary alicyclic amines) is 1. The van der Waals surface area contributed by atoms with Crippen molar-refractivity contribution in [2.45, 2.75) is 137 Å². The number of rotatable bonds is 20. The number of thiazole rings is 1. The predicted octanol–water partition coefficient (Wildman–Crippen LogP) is 9.84. The van der Waals surface area contributed by atoms with Crippen LogP contribution in [0.4, 0.5) is 0 Å². The summed E-state index contributed by atoms with van der Waals surface area (Å²) in [6, 6.07) is 17.5. The summed E-state index contributed by atoms with van der Waals surface area (Å²) in [5.41, 5.74) is 3.49. The fraction of sp³-hybridized carbons (Fsp3) is 0.519. The molecule has 3 amide bonds. The number of ether oxygens (including phenoxy) is 2. The summed E-state index contributed by atoms with van der Waals surface area (Å²) >= 11 is 7.75. The topological polar surface area (TPSA) is 171 Å². The molecule has 6 rings (SSSR count). The van der Waals surface area contributed by atoms with Crippen LogP contribution in [0.1, 0.15) is 145 Å². The van der Waals surface area contributed by atoms with Crippen molar-refractivity contribution >= 4 is 46.4 Å². The van der Waals surface area contributed by atoms with Crippen LogP contribution in [0.25, 0.3) is 10.4 Å². The van der Waals surface area contributed by atoms with Gasteiger partial charge in [0.1, 0.15) is 36.6 Å². The fourth-order valence-corrected chi connectivity index (χ4v) is 10.6. The number of aliphatic hydroxyl groups is 1. The van der Waals surface area contributed by atoms with E-state index < -0.39 is 103 Å². The van der Waals surface area contributed by atoms with Gasteiger partial charge in [-0.1, -0.05) is 121 Å². The summed E-state index contributed by atoms with van der Waals surface area (Å²) < 4.78 is 89.1. The third-order valence-corrected chi connectivity index (χ3v) is 14.4. The number of hydrogen-bond acceptors (Lipinski definition) is 10. The van der Waals surface area contributed by atoms with Gasteiger partial charge in [-0.25, -0.2) is 4.98 Å². The molecule has 2 heterocycles. The summed E-state index contributed by atoms with van der Waals surface area (Å²) in [5.74, 6) is -2.17. The number of nitrogens with zero attached hydrogens (tertiary/aromatic N) is 3. The number of aromatic nitrogens is 1. The minimum absolute atomic E-state index is 0.0870. The van der Waals surface area contributed by atoms with Crippen LogP contribution in [0.3, 0.4) is 0 Å². The van der Waals surface area contributed by atoms with Gasteiger partial charge in [0.2, 0.25) is 17.7 Å². The molecule has 364 valence electrons. The van der Waals surface area contributed by atoms with Crippen molar-refractivity contribution in [2.24, 2.45) is 22.2 Å². The second-order valence-corrected chi connectivity index (χ2v) is 21.1. The van der Waals surface area contributed by atoms with Crippen LogP contribution in [0, 0.1) is 40.4 Å². The number of β-amino-alcohol motifs (C(OH)–C–C–N with tert-alkyl or cyclic N) is 1. The Bertz CT molecular complexity index is 2860. The minimum atomic E-state index is -3.83. The van der Waals surface area contributed by atoms with E-state index in [4.69, 9.17) is 33.4 Å². The van der Waals surface area contributed by atoms with Crippen LogP contribution in [0.2, 0.25) is 5.02 Å². The molecule has 2 aliphatic rings. The van der Waals surface area contributed by atoms with Crippen LogP contribution in [-0.2, 0) is 25.5 Å². The summed E-state index contributed by atoms with van der Waals surface area (Å²) in [6.07, 6.45) is -14.7. The molecule has 3 N–H and O–H groups in total. The van der Waals surface area contributed by atoms with Crippen LogP contribution in [0.5, 0.6) is 5.75 Å². The zero-order valence-corrected chi connectivity index (χ0v) is 41.6. The highest BCUT2D eigenvalue weighted by Gasteiger charge is 2.63. The third-order valence-electron chi connectivity index (χ3n) is 13.1. The van der Waals surface area contributed by atoms with Gasteiger partial charge in [-0.05, 0) is 73.2 Å². The number of nitrogens with one attached hydrogen (secondary N) is 2. The van der Waals surface area contributed by atoms with Gasteiger partial charge in [-0.15, -0.1) is 11.3 Å². The van der Waals surface area contributed by atoms with Crippen molar-refractivity contribution in [1.29, 1.82) is 5.26 Å². The molecule has 4 aromatic rings. The molecule has 5 atom stereocenters. The summed E-state index contributed by atoms with van der Waals surface area (Å²) in [5, 5.41) is 25.6. The van der Waals surface area contributed by atoms with Crippen molar-refractivity contribution in [3.8, 4) is 22.3 Å². The SMILES string of the molecule is [2H]C(Cc1ccc(C(=O)CC2C(C)(C)C(Oc3ccc(C#N)c(Cl)c3)C2(C)C)cc1)C([2H])([2H])C([2H])([2H])C([2H])([2H])C([2H])([2H])OCC(=O)N[C@H](C(=O)N1C[C@H](O)C[C@H]1C(=O)N[C@@H](C)c1ccc(-c2scnc2C)cc1)C(C)(C)C. The molecule has 0 radical (unpaired) electrons. The number of halogens is 1. The highest BCUT2D eigenvalue weighted by atomic mass is 35.5. The van der Waals surface area contributed by atoms with Gasteiger partial charge in [0, 0.05) is 58.0 Å². The molecule has 1 unspecified atom stereocenters. The maximum Gasteiger partial charge on any atom is 0.246 e. The van der Waals surface area contributed by atoms with Crippen LogP contribution >= 0.6 is 22.9 Å². The van der Waals surface area contributed by atoms with E-state index in [-0.39, 0.29) is 42.2 Å².